The first kappa shape index (κ1) is 21.8. The molecule has 2 aromatic rings. The lowest BCUT2D eigenvalue weighted by molar-refractivity contribution is -0.143. The molecule has 8 heteroatoms. The molecule has 2 heterocycles. The first-order valence-corrected chi connectivity index (χ1v) is 11.0. The van der Waals surface area contributed by atoms with Crippen LogP contribution >= 0.6 is 0 Å². The molecule has 0 bridgehead atoms. The van der Waals surface area contributed by atoms with Gasteiger partial charge in [-0.15, -0.1) is 0 Å². The molecule has 1 aliphatic heterocycles. The van der Waals surface area contributed by atoms with Crippen LogP contribution in [0.1, 0.15) is 51.5 Å². The van der Waals surface area contributed by atoms with Crippen molar-refractivity contribution in [2.45, 2.75) is 51.4 Å². The molecule has 1 saturated carbocycles. The SMILES string of the molecule is CC(C)[C@]1(C#N)CCN(c2ccnc(Nc3ccc(C4(C(=O)O)CCCC4)cc3)n2)C1=O. The van der Waals surface area contributed by atoms with Crippen LogP contribution in [0.4, 0.5) is 17.5 Å². The molecule has 1 aliphatic carbocycles. The van der Waals surface area contributed by atoms with Crippen molar-refractivity contribution in [2.75, 3.05) is 16.8 Å². The number of hydrogen-bond donors (Lipinski definition) is 2. The molecule has 1 aromatic heterocycles. The quantitative estimate of drug-likeness (QED) is 0.706. The topological polar surface area (TPSA) is 119 Å². The fourth-order valence-corrected chi connectivity index (χ4v) is 4.89. The summed E-state index contributed by atoms with van der Waals surface area (Å²) < 4.78 is 0. The number of nitrogens with zero attached hydrogens (tertiary/aromatic N) is 4. The summed E-state index contributed by atoms with van der Waals surface area (Å²) in [4.78, 5) is 35.2. The van der Waals surface area contributed by atoms with Gasteiger partial charge in [-0.05, 0) is 48.9 Å². The van der Waals surface area contributed by atoms with Gasteiger partial charge in [0.05, 0.1) is 11.5 Å². The fraction of sp³-hybridized carbons (Fsp3) is 0.458. The maximum atomic E-state index is 13.0. The maximum absolute atomic E-state index is 13.0. The Bertz CT molecular complexity index is 1070. The molecule has 1 saturated heterocycles. The second-order valence-corrected chi connectivity index (χ2v) is 8.98. The van der Waals surface area contributed by atoms with Crippen molar-refractivity contribution in [3.63, 3.8) is 0 Å². The third kappa shape index (κ3) is 3.48. The van der Waals surface area contributed by atoms with E-state index in [0.29, 0.717) is 37.6 Å². The van der Waals surface area contributed by atoms with Crippen LogP contribution in [0.15, 0.2) is 36.5 Å². The lowest BCUT2D eigenvalue weighted by Gasteiger charge is -2.24. The van der Waals surface area contributed by atoms with E-state index in [1.165, 1.54) is 0 Å². The van der Waals surface area contributed by atoms with Crippen molar-refractivity contribution in [3.05, 3.63) is 42.1 Å². The Hall–Kier alpha value is -3.47. The smallest absolute Gasteiger partial charge is 0.314 e. The molecule has 8 nitrogen and oxygen atoms in total. The molecule has 1 amide bonds. The number of aliphatic carboxylic acids is 1. The number of carboxylic acid groups (broad SMARTS) is 1. The molecule has 2 fully saturated rings. The van der Waals surface area contributed by atoms with Gasteiger partial charge in [-0.1, -0.05) is 38.8 Å². The van der Waals surface area contributed by atoms with Gasteiger partial charge in [0.25, 0.3) is 0 Å². The summed E-state index contributed by atoms with van der Waals surface area (Å²) in [6, 6.07) is 11.2. The number of carboxylic acids is 1. The van der Waals surface area contributed by atoms with Crippen molar-refractivity contribution < 1.29 is 14.7 Å². The Morgan fingerprint density at radius 2 is 1.88 bits per heavy atom. The molecule has 0 spiro atoms. The third-order valence-electron chi connectivity index (χ3n) is 7.02. The summed E-state index contributed by atoms with van der Waals surface area (Å²) in [5.74, 6) is -0.290. The first-order chi connectivity index (χ1) is 15.3. The molecule has 1 atom stereocenters. The van der Waals surface area contributed by atoms with Gasteiger partial charge in [-0.3, -0.25) is 14.5 Å². The molecule has 1 aromatic carbocycles. The molecule has 2 aliphatic rings. The number of amides is 1. The van der Waals surface area contributed by atoms with E-state index in [9.17, 15) is 20.0 Å². The van der Waals surface area contributed by atoms with Crippen molar-refractivity contribution >= 4 is 29.3 Å². The zero-order valence-electron chi connectivity index (χ0n) is 18.3. The summed E-state index contributed by atoms with van der Waals surface area (Å²) in [5, 5.41) is 22.6. The van der Waals surface area contributed by atoms with Crippen LogP contribution in [0.5, 0.6) is 0 Å². The van der Waals surface area contributed by atoms with Crippen molar-refractivity contribution in [1.82, 2.24) is 9.97 Å². The van der Waals surface area contributed by atoms with Crippen LogP contribution in [0.25, 0.3) is 0 Å². The predicted octanol–water partition coefficient (Wildman–Crippen LogP) is 4.02. The van der Waals surface area contributed by atoms with E-state index >= 15 is 0 Å². The highest BCUT2D eigenvalue weighted by Crippen LogP contribution is 2.42. The number of aromatic nitrogens is 2. The maximum Gasteiger partial charge on any atom is 0.314 e. The lowest BCUT2D eigenvalue weighted by Crippen LogP contribution is -2.37. The molecular weight excluding hydrogens is 406 g/mol. The molecule has 0 radical (unpaired) electrons. The van der Waals surface area contributed by atoms with E-state index in [0.717, 1.165) is 24.1 Å². The monoisotopic (exact) mass is 433 g/mol. The fourth-order valence-electron chi connectivity index (χ4n) is 4.89. The number of rotatable bonds is 6. The Morgan fingerprint density at radius 3 is 2.44 bits per heavy atom. The van der Waals surface area contributed by atoms with E-state index < -0.39 is 16.8 Å². The minimum Gasteiger partial charge on any atom is -0.481 e. The van der Waals surface area contributed by atoms with Crippen LogP contribution in [0, 0.1) is 22.7 Å². The van der Waals surface area contributed by atoms with E-state index in [1.807, 2.05) is 38.1 Å². The minimum absolute atomic E-state index is 0.0862. The second-order valence-electron chi connectivity index (χ2n) is 8.98. The number of anilines is 3. The van der Waals surface area contributed by atoms with Gasteiger partial charge in [0.15, 0.2) is 0 Å². The van der Waals surface area contributed by atoms with Gasteiger partial charge < -0.3 is 10.4 Å². The first-order valence-electron chi connectivity index (χ1n) is 11.0. The van der Waals surface area contributed by atoms with Gasteiger partial charge in [0.2, 0.25) is 11.9 Å². The Morgan fingerprint density at radius 1 is 1.19 bits per heavy atom. The molecule has 4 rings (SSSR count). The van der Waals surface area contributed by atoms with E-state index in [-0.39, 0.29) is 11.8 Å². The lowest BCUT2D eigenvalue weighted by atomic mass is 9.77. The summed E-state index contributed by atoms with van der Waals surface area (Å²) in [7, 11) is 0. The summed E-state index contributed by atoms with van der Waals surface area (Å²) in [5.41, 5.74) is -0.277. The van der Waals surface area contributed by atoms with Gasteiger partial charge in [0, 0.05) is 18.4 Å². The zero-order valence-corrected chi connectivity index (χ0v) is 18.3. The summed E-state index contributed by atoms with van der Waals surface area (Å²) >= 11 is 0. The number of hydrogen-bond acceptors (Lipinski definition) is 6. The van der Waals surface area contributed by atoms with Gasteiger partial charge in [0.1, 0.15) is 11.2 Å². The molecule has 32 heavy (non-hydrogen) atoms. The van der Waals surface area contributed by atoms with E-state index in [1.54, 1.807) is 17.2 Å². The van der Waals surface area contributed by atoms with Crippen LogP contribution in [-0.2, 0) is 15.0 Å². The highest BCUT2D eigenvalue weighted by molar-refractivity contribution is 6.01. The number of carbonyl (C=O) groups is 2. The second kappa shape index (κ2) is 8.23. The number of nitrogens with one attached hydrogen (secondary N) is 1. The van der Waals surface area contributed by atoms with E-state index in [4.69, 9.17) is 0 Å². The highest BCUT2D eigenvalue weighted by atomic mass is 16.4. The number of nitriles is 1. The third-order valence-corrected chi connectivity index (χ3v) is 7.02. The molecule has 2 N–H and O–H groups in total. The highest BCUT2D eigenvalue weighted by Gasteiger charge is 2.50. The van der Waals surface area contributed by atoms with Crippen molar-refractivity contribution in [1.29, 1.82) is 5.26 Å². The van der Waals surface area contributed by atoms with Gasteiger partial charge in [-0.25, -0.2) is 4.98 Å². The molecule has 0 unspecified atom stereocenters. The van der Waals surface area contributed by atoms with Crippen LogP contribution in [-0.4, -0.2) is 33.5 Å². The number of carbonyl (C=O) groups excluding carboxylic acids is 1. The minimum atomic E-state index is -1.02. The van der Waals surface area contributed by atoms with Crippen LogP contribution < -0.4 is 10.2 Å². The summed E-state index contributed by atoms with van der Waals surface area (Å²) in [6.07, 6.45) is 5.21. The van der Waals surface area contributed by atoms with Crippen LogP contribution in [0.3, 0.4) is 0 Å². The number of benzene rings is 1. The average Bonchev–Trinajstić information content (AvgIpc) is 3.41. The van der Waals surface area contributed by atoms with Gasteiger partial charge in [-0.2, -0.15) is 10.2 Å². The average molecular weight is 434 g/mol. The summed E-state index contributed by atoms with van der Waals surface area (Å²) in [6.45, 7) is 4.22. The Labute approximate surface area is 187 Å². The normalized spacial score (nSPS) is 22.2. The molecule has 166 valence electrons. The Kier molecular flexibility index (Phi) is 5.59. The standard InChI is InChI=1S/C24H27N5O3/c1-16(2)24(15-25)12-14-29(20(24)30)19-9-13-26-22(28-19)27-18-7-5-17(6-8-18)23(21(31)32)10-3-4-11-23/h5-9,13,16H,3-4,10-12,14H2,1-2H3,(H,31,32)(H,26,27,28)/t24-/m1/s1. The predicted molar refractivity (Wildman–Crippen MR) is 119 cm³/mol. The van der Waals surface area contributed by atoms with Crippen molar-refractivity contribution in [3.8, 4) is 6.07 Å². The van der Waals surface area contributed by atoms with Gasteiger partial charge >= 0.3 is 5.97 Å². The molecular formula is C24H27N5O3. The van der Waals surface area contributed by atoms with Crippen LogP contribution in [0.2, 0.25) is 0 Å². The van der Waals surface area contributed by atoms with Crippen molar-refractivity contribution in [2.24, 2.45) is 11.3 Å². The van der Waals surface area contributed by atoms with E-state index in [2.05, 4.69) is 21.4 Å². The zero-order chi connectivity index (χ0) is 22.9. The Balaban J connectivity index is 1.52. The largest absolute Gasteiger partial charge is 0.481 e.